The van der Waals surface area contributed by atoms with Gasteiger partial charge in [0.25, 0.3) is 5.91 Å². The van der Waals surface area contributed by atoms with E-state index in [9.17, 15) is 4.79 Å². The van der Waals surface area contributed by atoms with Crippen LogP contribution in [0.2, 0.25) is 0 Å². The monoisotopic (exact) mass is 255 g/mol. The van der Waals surface area contributed by atoms with Gasteiger partial charge in [0.05, 0.1) is 6.26 Å². The van der Waals surface area contributed by atoms with E-state index < -0.39 is 0 Å². The molecule has 1 aromatic heterocycles. The molecule has 1 N–H and O–H groups in total. The highest BCUT2D eigenvalue weighted by Crippen LogP contribution is 2.22. The van der Waals surface area contributed by atoms with E-state index in [0.717, 1.165) is 12.0 Å². The van der Waals surface area contributed by atoms with Crippen LogP contribution in [0, 0.1) is 0 Å². The fraction of sp³-hybridized carbons (Fsp3) is 0.312. The van der Waals surface area contributed by atoms with Gasteiger partial charge >= 0.3 is 0 Å². The van der Waals surface area contributed by atoms with Crippen LogP contribution in [0.5, 0.6) is 0 Å². The number of fused-ring (bicyclic) bond motifs is 1. The van der Waals surface area contributed by atoms with E-state index in [1.165, 1.54) is 36.7 Å². The first-order valence-corrected chi connectivity index (χ1v) is 6.75. The van der Waals surface area contributed by atoms with Crippen molar-refractivity contribution in [1.29, 1.82) is 0 Å². The molecule has 1 aliphatic rings. The molecule has 98 valence electrons. The van der Waals surface area contributed by atoms with Crippen LogP contribution in [0.15, 0.2) is 41.0 Å². The third-order valence-electron chi connectivity index (χ3n) is 3.61. The molecule has 0 radical (unpaired) electrons. The lowest BCUT2D eigenvalue weighted by Gasteiger charge is -2.16. The number of benzene rings is 1. The molecule has 0 fully saturated rings. The molecule has 19 heavy (non-hydrogen) atoms. The highest BCUT2D eigenvalue weighted by molar-refractivity contribution is 5.91. The van der Waals surface area contributed by atoms with Crippen molar-refractivity contribution in [2.24, 2.45) is 0 Å². The Balaban J connectivity index is 1.65. The molecule has 1 aliphatic carbocycles. The Morgan fingerprint density at radius 1 is 1.16 bits per heavy atom. The molecule has 0 spiro atoms. The summed E-state index contributed by atoms with van der Waals surface area (Å²) in [5.41, 5.74) is 4.06. The van der Waals surface area contributed by atoms with E-state index in [-0.39, 0.29) is 5.91 Å². The molecule has 3 heteroatoms. The summed E-state index contributed by atoms with van der Waals surface area (Å²) >= 11 is 0. The molecule has 0 bridgehead atoms. The Hall–Kier alpha value is -2.03. The highest BCUT2D eigenvalue weighted by atomic mass is 16.3. The number of hydrogen-bond acceptors (Lipinski definition) is 2. The number of furan rings is 1. The molecular weight excluding hydrogens is 238 g/mol. The van der Waals surface area contributed by atoms with Crippen molar-refractivity contribution < 1.29 is 9.21 Å². The average Bonchev–Trinajstić information content (AvgIpc) is 2.99. The number of rotatable bonds is 3. The lowest BCUT2D eigenvalue weighted by molar-refractivity contribution is 0.0923. The Kier molecular flexibility index (Phi) is 3.36. The topological polar surface area (TPSA) is 42.2 Å². The maximum Gasteiger partial charge on any atom is 0.287 e. The zero-order valence-electron chi connectivity index (χ0n) is 10.8. The third-order valence-corrected chi connectivity index (χ3v) is 3.61. The third kappa shape index (κ3) is 2.70. The quantitative estimate of drug-likeness (QED) is 0.915. The van der Waals surface area contributed by atoms with Crippen molar-refractivity contribution in [2.45, 2.75) is 32.2 Å². The van der Waals surface area contributed by atoms with E-state index in [2.05, 4.69) is 23.5 Å². The average molecular weight is 255 g/mol. The van der Waals surface area contributed by atoms with Gasteiger partial charge in [0.1, 0.15) is 0 Å². The first-order chi connectivity index (χ1) is 9.33. The number of hydrogen-bond donors (Lipinski definition) is 1. The van der Waals surface area contributed by atoms with Crippen LogP contribution in [0.4, 0.5) is 0 Å². The smallest absolute Gasteiger partial charge is 0.287 e. The molecule has 1 aromatic carbocycles. The lowest BCUT2D eigenvalue weighted by atomic mass is 9.90. The number of amides is 1. The standard InChI is InChI=1S/C16H17NO2/c18-16(15-6-3-9-19-15)17-11-12-7-8-13-4-1-2-5-14(13)10-12/h3,6-10H,1-2,4-5,11H2,(H,17,18). The normalized spacial score (nSPS) is 13.9. The minimum Gasteiger partial charge on any atom is -0.459 e. The van der Waals surface area contributed by atoms with Crippen LogP contribution in [0.3, 0.4) is 0 Å². The zero-order chi connectivity index (χ0) is 13.1. The molecule has 0 saturated heterocycles. The van der Waals surface area contributed by atoms with Crippen LogP contribution < -0.4 is 5.32 Å². The SMILES string of the molecule is O=C(NCc1ccc2c(c1)CCCC2)c1ccco1. The second-order valence-electron chi connectivity index (χ2n) is 4.97. The predicted octanol–water partition coefficient (Wildman–Crippen LogP) is 3.09. The number of carbonyl (C=O) groups is 1. The maximum atomic E-state index is 11.8. The predicted molar refractivity (Wildman–Crippen MR) is 73.0 cm³/mol. The van der Waals surface area contributed by atoms with Gasteiger partial charge in [-0.2, -0.15) is 0 Å². The number of nitrogens with one attached hydrogen (secondary N) is 1. The van der Waals surface area contributed by atoms with Crippen molar-refractivity contribution in [3.63, 3.8) is 0 Å². The highest BCUT2D eigenvalue weighted by Gasteiger charge is 2.11. The van der Waals surface area contributed by atoms with Gasteiger partial charge in [-0.05, 0) is 54.5 Å². The number of carbonyl (C=O) groups excluding carboxylic acids is 1. The van der Waals surface area contributed by atoms with Gasteiger partial charge in [0, 0.05) is 6.54 Å². The first kappa shape index (κ1) is 12.0. The van der Waals surface area contributed by atoms with E-state index in [1.807, 2.05) is 0 Å². The van der Waals surface area contributed by atoms with Gasteiger partial charge in [0.2, 0.25) is 0 Å². The zero-order valence-corrected chi connectivity index (χ0v) is 10.8. The molecule has 2 aromatic rings. The minimum atomic E-state index is -0.164. The summed E-state index contributed by atoms with van der Waals surface area (Å²) in [7, 11) is 0. The second-order valence-corrected chi connectivity index (χ2v) is 4.97. The van der Waals surface area contributed by atoms with Crippen LogP contribution in [0.1, 0.15) is 40.1 Å². The van der Waals surface area contributed by atoms with Crippen LogP contribution in [0.25, 0.3) is 0 Å². The Bertz CT molecular complexity index is 572. The van der Waals surface area contributed by atoms with Gasteiger partial charge in [-0.15, -0.1) is 0 Å². The van der Waals surface area contributed by atoms with Crippen LogP contribution >= 0.6 is 0 Å². The summed E-state index contributed by atoms with van der Waals surface area (Å²) in [4.78, 5) is 11.8. The summed E-state index contributed by atoms with van der Waals surface area (Å²) in [6.07, 6.45) is 6.42. The Labute approximate surface area is 112 Å². The molecular formula is C16H17NO2. The molecule has 0 saturated carbocycles. The molecule has 0 aliphatic heterocycles. The summed E-state index contributed by atoms with van der Waals surface area (Å²) in [5, 5.41) is 2.88. The lowest BCUT2D eigenvalue weighted by Crippen LogP contribution is -2.22. The summed E-state index contributed by atoms with van der Waals surface area (Å²) in [6, 6.07) is 9.91. The van der Waals surface area contributed by atoms with Crippen molar-refractivity contribution in [1.82, 2.24) is 5.32 Å². The second kappa shape index (κ2) is 5.31. The van der Waals surface area contributed by atoms with Crippen molar-refractivity contribution in [3.8, 4) is 0 Å². The van der Waals surface area contributed by atoms with Crippen LogP contribution in [-0.4, -0.2) is 5.91 Å². The van der Waals surface area contributed by atoms with Crippen molar-refractivity contribution in [3.05, 3.63) is 59.0 Å². The molecule has 1 amide bonds. The van der Waals surface area contributed by atoms with E-state index in [0.29, 0.717) is 12.3 Å². The van der Waals surface area contributed by atoms with Gasteiger partial charge in [-0.25, -0.2) is 0 Å². The van der Waals surface area contributed by atoms with Gasteiger partial charge in [0.15, 0.2) is 5.76 Å². The molecule has 3 nitrogen and oxygen atoms in total. The molecule has 0 unspecified atom stereocenters. The Morgan fingerprint density at radius 2 is 2.00 bits per heavy atom. The molecule has 1 heterocycles. The van der Waals surface area contributed by atoms with Crippen molar-refractivity contribution >= 4 is 5.91 Å². The van der Waals surface area contributed by atoms with Gasteiger partial charge < -0.3 is 9.73 Å². The summed E-state index contributed by atoms with van der Waals surface area (Å²) in [5.74, 6) is 0.195. The summed E-state index contributed by atoms with van der Waals surface area (Å²) < 4.78 is 5.06. The fourth-order valence-electron chi connectivity index (χ4n) is 2.57. The van der Waals surface area contributed by atoms with Crippen LogP contribution in [-0.2, 0) is 19.4 Å². The maximum absolute atomic E-state index is 11.8. The Morgan fingerprint density at radius 3 is 2.79 bits per heavy atom. The first-order valence-electron chi connectivity index (χ1n) is 6.75. The van der Waals surface area contributed by atoms with Gasteiger partial charge in [-0.3, -0.25) is 4.79 Å². The minimum absolute atomic E-state index is 0.164. The van der Waals surface area contributed by atoms with E-state index >= 15 is 0 Å². The van der Waals surface area contributed by atoms with E-state index in [1.54, 1.807) is 12.1 Å². The molecule has 3 rings (SSSR count). The fourth-order valence-corrected chi connectivity index (χ4v) is 2.57. The number of aryl methyl sites for hydroxylation is 2. The van der Waals surface area contributed by atoms with E-state index in [4.69, 9.17) is 4.42 Å². The molecule has 0 atom stereocenters. The van der Waals surface area contributed by atoms with Crippen molar-refractivity contribution in [2.75, 3.05) is 0 Å². The largest absolute Gasteiger partial charge is 0.459 e. The van der Waals surface area contributed by atoms with Gasteiger partial charge in [-0.1, -0.05) is 18.2 Å². The summed E-state index contributed by atoms with van der Waals surface area (Å²) in [6.45, 7) is 0.548.